The molecule has 0 radical (unpaired) electrons. The Kier molecular flexibility index (Phi) is 12.1. The highest BCUT2D eigenvalue weighted by atomic mass is 79.9. The molecule has 2 unspecified atom stereocenters. The molecule has 1 aromatic heterocycles. The average Bonchev–Trinajstić information content (AvgIpc) is 3.34. The topological polar surface area (TPSA) is 77.4 Å². The first-order chi connectivity index (χ1) is 23.3. The molecule has 0 spiro atoms. The van der Waals surface area contributed by atoms with Crippen LogP contribution in [-0.4, -0.2) is 93.1 Å². The zero-order valence-corrected chi connectivity index (χ0v) is 30.0. The number of nitrogens with one attached hydrogen (secondary N) is 1. The molecule has 9 nitrogen and oxygen atoms in total. The van der Waals surface area contributed by atoms with E-state index >= 15 is 0 Å². The molecule has 1 fully saturated rings. The number of aromatic nitrogens is 1. The number of carbonyl (C=O) groups is 1. The van der Waals surface area contributed by atoms with E-state index in [1.807, 2.05) is 6.07 Å². The molecule has 3 aromatic rings. The molecule has 2 atom stereocenters. The van der Waals surface area contributed by atoms with Gasteiger partial charge in [0, 0.05) is 40.8 Å². The van der Waals surface area contributed by atoms with Crippen molar-refractivity contribution in [3.05, 3.63) is 52.6 Å². The van der Waals surface area contributed by atoms with Gasteiger partial charge in [-0.2, -0.15) is 13.2 Å². The Morgan fingerprint density at radius 2 is 1.80 bits per heavy atom. The maximum atomic E-state index is 13.9. The summed E-state index contributed by atoms with van der Waals surface area (Å²) in [7, 11) is 2.10. The number of amides is 1. The second-order valence-electron chi connectivity index (χ2n) is 13.4. The van der Waals surface area contributed by atoms with E-state index in [0.717, 1.165) is 31.6 Å². The Bertz CT molecular complexity index is 1660. The summed E-state index contributed by atoms with van der Waals surface area (Å²) >= 11 is 3.50. The first-order valence-electron chi connectivity index (χ1n) is 16.5. The van der Waals surface area contributed by atoms with Gasteiger partial charge < -0.3 is 33.7 Å². The smallest absolute Gasteiger partial charge is 0.415 e. The van der Waals surface area contributed by atoms with Crippen molar-refractivity contribution in [2.24, 2.45) is 5.92 Å². The van der Waals surface area contributed by atoms with Gasteiger partial charge in [0.05, 0.1) is 43.3 Å². The third-order valence-corrected chi connectivity index (χ3v) is 8.76. The normalized spacial score (nSPS) is 20.4. The SMILES string of the molecule is CN1CCC2Nc3cccc4c3cc(n4CC(F)(F)F)C#CCN(C(=O)OC(C)(C)C)c3cc(Br)cc(c3)OCCOCCOCCC2C1. The summed E-state index contributed by atoms with van der Waals surface area (Å²) in [5.41, 5.74) is 1.01. The highest BCUT2D eigenvalue weighted by molar-refractivity contribution is 9.10. The molecule has 49 heavy (non-hydrogen) atoms. The van der Waals surface area contributed by atoms with Crippen LogP contribution in [0.15, 0.2) is 46.9 Å². The van der Waals surface area contributed by atoms with Crippen molar-refractivity contribution < 1.29 is 36.9 Å². The number of rotatable bonds is 1. The Hall–Kier alpha value is -3.44. The fourth-order valence-corrected chi connectivity index (χ4v) is 6.57. The largest absolute Gasteiger partial charge is 0.491 e. The van der Waals surface area contributed by atoms with Crippen molar-refractivity contribution in [3.8, 4) is 17.6 Å². The lowest BCUT2D eigenvalue weighted by atomic mass is 9.89. The number of piperidine rings is 1. The predicted octanol–water partition coefficient (Wildman–Crippen LogP) is 7.31. The minimum Gasteiger partial charge on any atom is -0.491 e. The van der Waals surface area contributed by atoms with Crippen LogP contribution < -0.4 is 15.0 Å². The van der Waals surface area contributed by atoms with Crippen LogP contribution in [0.1, 0.15) is 39.3 Å². The van der Waals surface area contributed by atoms with Gasteiger partial charge in [0.15, 0.2) is 0 Å². The Morgan fingerprint density at radius 1 is 1.04 bits per heavy atom. The number of hydrogen-bond donors (Lipinski definition) is 1. The van der Waals surface area contributed by atoms with Crippen molar-refractivity contribution in [2.75, 3.05) is 69.9 Å². The van der Waals surface area contributed by atoms with Crippen molar-refractivity contribution in [3.63, 3.8) is 0 Å². The fraction of sp³-hybridized carbons (Fsp3) is 0.528. The number of nitrogens with zero attached hydrogens (tertiary/aromatic N) is 3. The van der Waals surface area contributed by atoms with E-state index in [1.54, 1.807) is 57.2 Å². The minimum atomic E-state index is -4.48. The van der Waals surface area contributed by atoms with Gasteiger partial charge in [-0.3, -0.25) is 4.90 Å². The molecular weight excluding hydrogens is 705 g/mol. The fourth-order valence-electron chi connectivity index (χ4n) is 6.11. The first-order valence-corrected chi connectivity index (χ1v) is 17.3. The van der Waals surface area contributed by atoms with Crippen molar-refractivity contribution in [1.82, 2.24) is 9.47 Å². The van der Waals surface area contributed by atoms with Gasteiger partial charge in [-0.15, -0.1) is 0 Å². The molecule has 0 saturated carbocycles. The average molecular weight is 750 g/mol. The van der Waals surface area contributed by atoms with E-state index in [1.165, 1.54) is 9.47 Å². The number of ether oxygens (including phenoxy) is 4. The van der Waals surface area contributed by atoms with Gasteiger partial charge in [0.2, 0.25) is 0 Å². The van der Waals surface area contributed by atoms with Gasteiger partial charge in [0.25, 0.3) is 0 Å². The second-order valence-corrected chi connectivity index (χ2v) is 14.3. The summed E-state index contributed by atoms with van der Waals surface area (Å²) in [4.78, 5) is 17.1. The molecule has 5 rings (SSSR count). The third kappa shape index (κ3) is 10.5. The Balaban J connectivity index is 1.55. The lowest BCUT2D eigenvalue weighted by Gasteiger charge is -2.38. The minimum absolute atomic E-state index is 0.109. The highest BCUT2D eigenvalue weighted by Gasteiger charge is 2.31. The Labute approximate surface area is 294 Å². The number of alkyl halides is 3. The van der Waals surface area contributed by atoms with Crippen LogP contribution in [0.2, 0.25) is 0 Å². The van der Waals surface area contributed by atoms with Crippen LogP contribution in [0.4, 0.5) is 29.3 Å². The summed E-state index contributed by atoms with van der Waals surface area (Å²) in [6, 6.07) is 12.3. The molecule has 0 aliphatic carbocycles. The van der Waals surface area contributed by atoms with Crippen molar-refractivity contribution in [2.45, 2.75) is 58.0 Å². The number of fused-ring (bicyclic) bond motifs is 4. The molecular formula is C36H44BrF3N4O5. The van der Waals surface area contributed by atoms with Crippen LogP contribution in [0.3, 0.4) is 0 Å². The quantitative estimate of drug-likeness (QED) is 0.262. The van der Waals surface area contributed by atoms with Gasteiger partial charge in [-0.1, -0.05) is 27.9 Å². The van der Waals surface area contributed by atoms with Gasteiger partial charge in [0.1, 0.15) is 24.5 Å². The third-order valence-electron chi connectivity index (χ3n) is 8.30. The molecule has 1 amide bonds. The van der Waals surface area contributed by atoms with E-state index in [2.05, 4.69) is 45.0 Å². The lowest BCUT2D eigenvalue weighted by molar-refractivity contribution is -0.140. The van der Waals surface area contributed by atoms with Crippen LogP contribution in [0, 0.1) is 17.8 Å². The molecule has 13 heteroatoms. The molecule has 4 bridgehead atoms. The van der Waals surface area contributed by atoms with Crippen molar-refractivity contribution >= 4 is 44.3 Å². The number of halogens is 4. The van der Waals surface area contributed by atoms with Crippen LogP contribution in [-0.2, 0) is 20.8 Å². The molecule has 3 heterocycles. The molecule has 2 aromatic carbocycles. The highest BCUT2D eigenvalue weighted by Crippen LogP contribution is 2.33. The second kappa shape index (κ2) is 16.1. The van der Waals surface area contributed by atoms with Crippen LogP contribution >= 0.6 is 15.9 Å². The van der Waals surface area contributed by atoms with Crippen LogP contribution in [0.5, 0.6) is 5.75 Å². The molecule has 266 valence electrons. The van der Waals surface area contributed by atoms with Gasteiger partial charge in [-0.25, -0.2) is 4.79 Å². The summed E-state index contributed by atoms with van der Waals surface area (Å²) in [6.45, 7) is 7.74. The predicted molar refractivity (Wildman–Crippen MR) is 187 cm³/mol. The maximum Gasteiger partial charge on any atom is 0.415 e. The van der Waals surface area contributed by atoms with Gasteiger partial charge >= 0.3 is 12.3 Å². The van der Waals surface area contributed by atoms with Crippen molar-refractivity contribution in [1.29, 1.82) is 0 Å². The summed E-state index contributed by atoms with van der Waals surface area (Å²) < 4.78 is 66.9. The molecule has 1 saturated heterocycles. The maximum absolute atomic E-state index is 13.9. The van der Waals surface area contributed by atoms with E-state index < -0.39 is 24.4 Å². The Morgan fingerprint density at radius 3 is 2.55 bits per heavy atom. The zero-order chi connectivity index (χ0) is 35.2. The monoisotopic (exact) mass is 748 g/mol. The zero-order valence-electron chi connectivity index (χ0n) is 28.4. The first kappa shape index (κ1) is 36.8. The van der Waals surface area contributed by atoms with E-state index in [4.69, 9.17) is 18.9 Å². The number of carbonyl (C=O) groups excluding carboxylic acids is 1. The van der Waals surface area contributed by atoms with Crippen LogP contribution in [0.25, 0.3) is 10.9 Å². The number of anilines is 2. The summed E-state index contributed by atoms with van der Waals surface area (Å²) in [6.07, 6.45) is -3.43. The number of benzene rings is 2. The van der Waals surface area contributed by atoms with E-state index in [9.17, 15) is 18.0 Å². The standard InChI is InChI=1S/C36H44BrF3N4O5/c1-35(2,3)49-34(45)43-12-6-7-27-22-30-32(8-5-9-33(30)44(27)24-36(38,39)40)41-31-10-13-42(4)23-25(31)11-14-46-15-16-47-17-18-48-29-20-26(37)19-28(43)21-29/h5,8-9,19-22,25,31,41H,10-18,23-24H2,1-4H3. The number of likely N-dealkylation sites (tertiary alicyclic amines) is 1. The van der Waals surface area contributed by atoms with E-state index in [0.29, 0.717) is 53.2 Å². The number of hydrogen-bond acceptors (Lipinski definition) is 7. The van der Waals surface area contributed by atoms with Gasteiger partial charge in [-0.05, 0) is 89.4 Å². The molecule has 2 aliphatic rings. The molecule has 1 N–H and O–H groups in total. The summed E-state index contributed by atoms with van der Waals surface area (Å²) in [5, 5.41) is 4.32. The summed E-state index contributed by atoms with van der Waals surface area (Å²) in [5.74, 6) is 6.67. The van der Waals surface area contributed by atoms with E-state index in [-0.39, 0.29) is 30.8 Å². The molecule has 2 aliphatic heterocycles. The lowest BCUT2D eigenvalue weighted by Crippen LogP contribution is -2.45.